The summed E-state index contributed by atoms with van der Waals surface area (Å²) in [6.07, 6.45) is -2.49. The monoisotopic (exact) mass is 408 g/mol. The lowest BCUT2D eigenvalue weighted by Crippen LogP contribution is -2.20. The molecule has 0 fully saturated rings. The van der Waals surface area contributed by atoms with Gasteiger partial charge in [0, 0.05) is 23.4 Å². The van der Waals surface area contributed by atoms with Gasteiger partial charge >= 0.3 is 12.1 Å². The van der Waals surface area contributed by atoms with Crippen molar-refractivity contribution in [3.05, 3.63) is 75.3 Å². The van der Waals surface area contributed by atoms with Gasteiger partial charge < -0.3 is 10.1 Å². The molecule has 0 atom stereocenters. The molecule has 0 aliphatic carbocycles. The highest BCUT2D eigenvalue weighted by Crippen LogP contribution is 2.29. The first-order valence-corrected chi connectivity index (χ1v) is 8.13. The molecule has 1 amide bonds. The molecule has 0 heterocycles. The first-order chi connectivity index (χ1) is 13.6. The van der Waals surface area contributed by atoms with Gasteiger partial charge in [0.15, 0.2) is 6.61 Å². The minimum Gasteiger partial charge on any atom is -0.452 e. The minimum atomic E-state index is -4.51. The third-order valence-electron chi connectivity index (χ3n) is 3.66. The van der Waals surface area contributed by atoms with Crippen LogP contribution in [0.2, 0.25) is 0 Å². The highest BCUT2D eigenvalue weighted by molar-refractivity contribution is 5.94. The van der Waals surface area contributed by atoms with E-state index in [9.17, 15) is 32.9 Å². The van der Waals surface area contributed by atoms with Crippen molar-refractivity contribution in [2.45, 2.75) is 13.1 Å². The van der Waals surface area contributed by atoms with Crippen molar-refractivity contribution in [2.75, 3.05) is 11.9 Å². The first kappa shape index (κ1) is 21.6. The summed E-state index contributed by atoms with van der Waals surface area (Å²) >= 11 is 0. The quantitative estimate of drug-likeness (QED) is 0.336. The molecule has 7 nitrogen and oxygen atoms in total. The van der Waals surface area contributed by atoms with Crippen molar-refractivity contribution in [1.82, 2.24) is 0 Å². The van der Waals surface area contributed by atoms with Crippen molar-refractivity contribution in [2.24, 2.45) is 0 Å². The summed E-state index contributed by atoms with van der Waals surface area (Å²) in [4.78, 5) is 33.7. The lowest BCUT2D eigenvalue weighted by Gasteiger charge is -2.07. The first-order valence-electron chi connectivity index (χ1n) is 8.13. The molecule has 0 unspecified atom stereocenters. The Balaban J connectivity index is 1.91. The summed E-state index contributed by atoms with van der Waals surface area (Å²) in [5.41, 5.74) is -0.335. The van der Waals surface area contributed by atoms with Crippen LogP contribution < -0.4 is 5.32 Å². The third-order valence-corrected chi connectivity index (χ3v) is 3.66. The summed E-state index contributed by atoms with van der Waals surface area (Å²) in [5, 5.41) is 13.2. The van der Waals surface area contributed by atoms with Gasteiger partial charge in [-0.1, -0.05) is 18.2 Å². The molecule has 0 aliphatic rings. The molecule has 1 N–H and O–H groups in total. The molecule has 0 radical (unpaired) electrons. The van der Waals surface area contributed by atoms with E-state index in [1.165, 1.54) is 30.3 Å². The van der Waals surface area contributed by atoms with Crippen LogP contribution in [0.4, 0.5) is 24.5 Å². The Morgan fingerprint density at radius 2 is 1.93 bits per heavy atom. The lowest BCUT2D eigenvalue weighted by molar-refractivity contribution is -0.385. The molecule has 29 heavy (non-hydrogen) atoms. The van der Waals surface area contributed by atoms with Crippen molar-refractivity contribution >= 4 is 29.3 Å². The van der Waals surface area contributed by atoms with Crippen LogP contribution in [-0.2, 0) is 20.5 Å². The maximum absolute atomic E-state index is 12.6. The van der Waals surface area contributed by atoms with Crippen LogP contribution in [0.1, 0.15) is 16.7 Å². The molecule has 0 aromatic heterocycles. The summed E-state index contributed by atoms with van der Waals surface area (Å²) in [5.74, 6) is -1.67. The molecule has 2 aromatic carbocycles. The van der Waals surface area contributed by atoms with Crippen LogP contribution in [0, 0.1) is 17.0 Å². The van der Waals surface area contributed by atoms with Gasteiger partial charge in [0.05, 0.1) is 10.5 Å². The van der Waals surface area contributed by atoms with Gasteiger partial charge in [0.25, 0.3) is 11.6 Å². The second kappa shape index (κ2) is 9.00. The number of esters is 1. The number of hydrogen-bond acceptors (Lipinski definition) is 5. The molecular weight excluding hydrogens is 393 g/mol. The van der Waals surface area contributed by atoms with Crippen LogP contribution in [0.25, 0.3) is 6.08 Å². The maximum atomic E-state index is 12.6. The Hall–Kier alpha value is -3.69. The number of nitrogens with zero attached hydrogens (tertiary/aromatic N) is 1. The number of aryl methyl sites for hydroxylation is 1. The molecule has 0 spiro atoms. The van der Waals surface area contributed by atoms with Gasteiger partial charge in [-0.05, 0) is 36.8 Å². The number of hydrogen-bond donors (Lipinski definition) is 1. The van der Waals surface area contributed by atoms with Crippen LogP contribution in [0.15, 0.2) is 48.5 Å². The zero-order valence-electron chi connectivity index (χ0n) is 15.0. The predicted molar refractivity (Wildman–Crippen MR) is 97.9 cm³/mol. The number of carbonyl (C=O) groups is 2. The Morgan fingerprint density at radius 3 is 2.59 bits per heavy atom. The molecular formula is C19H15F3N2O5. The van der Waals surface area contributed by atoms with E-state index in [4.69, 9.17) is 4.74 Å². The Morgan fingerprint density at radius 1 is 1.21 bits per heavy atom. The normalized spacial score (nSPS) is 11.3. The fourth-order valence-electron chi connectivity index (χ4n) is 2.25. The Bertz CT molecular complexity index is 971. The largest absolute Gasteiger partial charge is 0.452 e. The van der Waals surface area contributed by atoms with Crippen LogP contribution in [0.5, 0.6) is 0 Å². The maximum Gasteiger partial charge on any atom is 0.416 e. The minimum absolute atomic E-state index is 0.133. The number of nitro groups is 1. The molecule has 2 rings (SSSR count). The fourth-order valence-corrected chi connectivity index (χ4v) is 2.25. The molecule has 152 valence electrons. The molecule has 0 bridgehead atoms. The smallest absolute Gasteiger partial charge is 0.416 e. The number of anilines is 1. The number of carbonyl (C=O) groups excluding carboxylic acids is 2. The second-order valence-corrected chi connectivity index (χ2v) is 5.87. The van der Waals surface area contributed by atoms with E-state index in [1.807, 2.05) is 0 Å². The summed E-state index contributed by atoms with van der Waals surface area (Å²) in [6, 6.07) is 8.41. The predicted octanol–water partition coefficient (Wildman–Crippen LogP) is 4.12. The lowest BCUT2D eigenvalue weighted by atomic mass is 10.1. The molecule has 0 saturated heterocycles. The van der Waals surface area contributed by atoms with Gasteiger partial charge in [-0.25, -0.2) is 4.79 Å². The fraction of sp³-hybridized carbons (Fsp3) is 0.158. The second-order valence-electron chi connectivity index (χ2n) is 5.87. The van der Waals surface area contributed by atoms with E-state index in [2.05, 4.69) is 5.32 Å². The van der Waals surface area contributed by atoms with Crippen molar-refractivity contribution in [3.63, 3.8) is 0 Å². The number of alkyl halides is 3. The van der Waals surface area contributed by atoms with E-state index in [-0.39, 0.29) is 16.9 Å². The average molecular weight is 408 g/mol. The number of benzene rings is 2. The summed E-state index contributed by atoms with van der Waals surface area (Å²) in [7, 11) is 0. The third kappa shape index (κ3) is 6.45. The highest BCUT2D eigenvalue weighted by Gasteiger charge is 2.30. The summed E-state index contributed by atoms with van der Waals surface area (Å²) in [6.45, 7) is 0.871. The van der Waals surface area contributed by atoms with Gasteiger partial charge in [0.2, 0.25) is 0 Å². The van der Waals surface area contributed by atoms with Crippen LogP contribution in [0.3, 0.4) is 0 Å². The molecule has 0 saturated carbocycles. The van der Waals surface area contributed by atoms with Crippen LogP contribution in [-0.4, -0.2) is 23.4 Å². The topological polar surface area (TPSA) is 98.5 Å². The van der Waals surface area contributed by atoms with E-state index in [0.29, 0.717) is 5.56 Å². The van der Waals surface area contributed by atoms with Crippen molar-refractivity contribution in [1.29, 1.82) is 0 Å². The van der Waals surface area contributed by atoms with Crippen molar-refractivity contribution in [3.8, 4) is 0 Å². The SMILES string of the molecule is Cc1ccc(NC(=O)COC(=O)/C=C/c2cccc(C(F)(F)F)c2)cc1[N+](=O)[O-]. The van der Waals surface area contributed by atoms with E-state index in [1.54, 1.807) is 6.92 Å². The van der Waals surface area contributed by atoms with Gasteiger partial charge in [-0.15, -0.1) is 0 Å². The number of halogens is 3. The number of ether oxygens (including phenoxy) is 1. The Labute approximate surface area is 162 Å². The molecule has 0 aliphatic heterocycles. The number of amides is 1. The summed E-state index contributed by atoms with van der Waals surface area (Å²) < 4.78 is 42.6. The van der Waals surface area contributed by atoms with Crippen molar-refractivity contribution < 1.29 is 32.4 Å². The molecule has 2 aromatic rings. The highest BCUT2D eigenvalue weighted by atomic mass is 19.4. The number of rotatable bonds is 6. The van der Waals surface area contributed by atoms with Gasteiger partial charge in [0.1, 0.15) is 0 Å². The van der Waals surface area contributed by atoms with Gasteiger partial charge in [-0.3, -0.25) is 14.9 Å². The zero-order valence-corrected chi connectivity index (χ0v) is 15.0. The van der Waals surface area contributed by atoms with E-state index >= 15 is 0 Å². The number of nitrogens with one attached hydrogen (secondary N) is 1. The zero-order chi connectivity index (χ0) is 21.6. The van der Waals surface area contributed by atoms with Gasteiger partial charge in [-0.2, -0.15) is 13.2 Å². The van der Waals surface area contributed by atoms with E-state index < -0.39 is 35.1 Å². The Kier molecular flexibility index (Phi) is 6.71. The number of nitro benzene ring substituents is 1. The van der Waals surface area contributed by atoms with Crippen LogP contribution >= 0.6 is 0 Å². The average Bonchev–Trinajstić information content (AvgIpc) is 2.65. The molecule has 10 heteroatoms. The standard InChI is InChI=1S/C19H15F3N2O5/c1-12-5-7-15(10-16(12)24(27)28)23-17(25)11-29-18(26)8-6-13-3-2-4-14(9-13)19(20,21)22/h2-10H,11H2,1H3,(H,23,25)/b8-6+. The van der Waals surface area contributed by atoms with E-state index in [0.717, 1.165) is 24.3 Å².